The summed E-state index contributed by atoms with van der Waals surface area (Å²) in [6.45, 7) is 10.9. The molecule has 93 heavy (non-hydrogen) atoms. The fourth-order valence-electron chi connectivity index (χ4n) is 8.12. The summed E-state index contributed by atoms with van der Waals surface area (Å²) in [7, 11) is -2.00. The van der Waals surface area contributed by atoms with Gasteiger partial charge in [-0.05, 0) is 72.4 Å². The SMILES string of the molecule is CC(C)c1cc(S(=O)(=O)c2c(Cl)cc(-n3nc(C#N)c(=O)[nH]c3=O)cc2Cl)nn(C)c1=O.CC(C)c1cc(S(=O)c2c(Cl)cc(-n3nc(C#N)c(=O)[nH]c3=O)cc2Cl)nn(C)c1=O.CC(C)c1cc(Sc2c(Cl)cc(-n3nc(C#N)c(=O)[nH]c3=O)cc2Cl)nn(C)c1=O. The fourth-order valence-corrected chi connectivity index (χ4v) is 14.1. The van der Waals surface area contributed by atoms with E-state index in [1.165, 1.54) is 55.2 Å². The van der Waals surface area contributed by atoms with Crippen LogP contribution in [0.4, 0.5) is 0 Å². The molecule has 30 nitrogen and oxygen atoms in total. The number of benzene rings is 3. The molecule has 1 unspecified atom stereocenters. The number of H-pyrrole nitrogens is 3. The highest BCUT2D eigenvalue weighted by molar-refractivity contribution is 7.99. The first-order valence-electron chi connectivity index (χ1n) is 26.0. The maximum Gasteiger partial charge on any atom is 0.349 e. The number of sulfone groups is 1. The molecule has 0 aliphatic heterocycles. The minimum absolute atomic E-state index is 0.00638. The third-order valence-electron chi connectivity index (χ3n) is 12.7. The molecule has 1 atom stereocenters. The van der Waals surface area contributed by atoms with Crippen LogP contribution in [0.2, 0.25) is 30.1 Å². The number of hydrogen-bond donors (Lipinski definition) is 3. The van der Waals surface area contributed by atoms with Gasteiger partial charge in [0.1, 0.15) is 38.9 Å². The third kappa shape index (κ3) is 15.2. The second kappa shape index (κ2) is 28.8. The molecule has 3 N–H and O–H groups in total. The lowest BCUT2D eigenvalue weighted by molar-refractivity contribution is 0.574. The van der Waals surface area contributed by atoms with E-state index in [9.17, 15) is 55.8 Å². The maximum absolute atomic E-state index is 13.3. The van der Waals surface area contributed by atoms with Crippen LogP contribution in [-0.4, -0.2) is 86.3 Å². The zero-order chi connectivity index (χ0) is 69.2. The van der Waals surface area contributed by atoms with E-state index >= 15 is 0 Å². The highest BCUT2D eigenvalue weighted by atomic mass is 35.5. The van der Waals surface area contributed by atoms with E-state index in [0.29, 0.717) is 25.7 Å². The van der Waals surface area contributed by atoms with Crippen LogP contribution in [0.1, 0.15) is 93.1 Å². The topological polar surface area (TPSA) is 430 Å². The number of nitriles is 3. The number of aromatic amines is 3. The van der Waals surface area contributed by atoms with Gasteiger partial charge in [-0.3, -0.25) is 43.7 Å². The van der Waals surface area contributed by atoms with Gasteiger partial charge >= 0.3 is 17.1 Å². The number of halogens is 6. The van der Waals surface area contributed by atoms with E-state index < -0.39 is 86.9 Å². The Labute approximate surface area is 557 Å². The number of aryl methyl sites for hydroxylation is 3. The summed E-state index contributed by atoms with van der Waals surface area (Å²) in [6.07, 6.45) is 0. The lowest BCUT2D eigenvalue weighted by atomic mass is 10.1. The second-order valence-corrected chi connectivity index (χ2v) is 26.7. The van der Waals surface area contributed by atoms with E-state index in [2.05, 4.69) is 30.6 Å². The summed E-state index contributed by atoms with van der Waals surface area (Å²) in [6, 6.07) is 16.5. The Morgan fingerprint density at radius 1 is 0.473 bits per heavy atom. The van der Waals surface area contributed by atoms with Crippen molar-refractivity contribution in [1.82, 2.24) is 73.6 Å². The largest absolute Gasteiger partial charge is 0.349 e. The van der Waals surface area contributed by atoms with Gasteiger partial charge in [0.15, 0.2) is 10.1 Å². The molecule has 0 saturated heterocycles. The molecule has 6 aromatic heterocycles. The normalized spacial score (nSPS) is 11.5. The minimum Gasteiger partial charge on any atom is -0.270 e. The lowest BCUT2D eigenvalue weighted by Crippen LogP contribution is -2.33. The molecule has 39 heteroatoms. The van der Waals surface area contributed by atoms with Crippen molar-refractivity contribution in [3.05, 3.63) is 212 Å². The van der Waals surface area contributed by atoms with Crippen LogP contribution >= 0.6 is 81.4 Å². The Hall–Kier alpha value is -9.21. The van der Waals surface area contributed by atoms with Crippen molar-refractivity contribution < 1.29 is 12.6 Å². The summed E-state index contributed by atoms with van der Waals surface area (Å²) < 4.78 is 45.1. The van der Waals surface area contributed by atoms with Crippen LogP contribution < -0.4 is 50.4 Å². The van der Waals surface area contributed by atoms with Crippen LogP contribution in [0, 0.1) is 34.0 Å². The summed E-state index contributed by atoms with van der Waals surface area (Å²) in [5, 5.41) is 49.7. The number of nitrogens with zero attached hydrogens (tertiary/aromatic N) is 15. The smallest absolute Gasteiger partial charge is 0.270 e. The zero-order valence-corrected chi connectivity index (χ0v) is 56.0. The summed E-state index contributed by atoms with van der Waals surface area (Å²) in [5.74, 6) is -0.392. The molecule has 0 amide bonds. The van der Waals surface area contributed by atoms with Crippen LogP contribution in [0.5, 0.6) is 0 Å². The van der Waals surface area contributed by atoms with Crippen LogP contribution in [0.3, 0.4) is 0 Å². The standard InChI is InChI=1S/C18H14Cl2N6O5S.C18H14Cl2N6O4S.C18H14Cl2N6O3S/c1-8(2)10-6-14(24-25(3)17(10)28)32(30,31)15-11(19)4-9(5-12(15)20)26-18(29)22-16(27)13(7-21)23-26;1-8(2)10-6-14(24-25(3)17(10)28)31(30)15-11(19)4-9(5-12(15)20)26-18(29)22-16(27)13(7-21)23-26;1-8(2)10-6-14(24-25(3)17(10)28)30-15-11(19)4-9(5-12(15)20)26-18(29)22-16(27)13(7-21)23-26/h4-6,8H,1-3H3,(H,22,27,29);4-6,8H,1-3H3,(H,22,27,29);4-6,8H,1-3H3,(H,22,27,29). The van der Waals surface area contributed by atoms with E-state index in [-0.39, 0.29) is 91.6 Å². The molecule has 9 rings (SSSR count). The molecule has 0 spiro atoms. The average Bonchev–Trinajstić information content (AvgIpc) is 0.773. The van der Waals surface area contributed by atoms with E-state index in [1.54, 1.807) is 39.1 Å². The van der Waals surface area contributed by atoms with Crippen molar-refractivity contribution in [1.29, 1.82) is 15.8 Å². The molecule has 3 aromatic carbocycles. The van der Waals surface area contributed by atoms with Crippen LogP contribution in [0.25, 0.3) is 17.1 Å². The minimum atomic E-state index is -4.38. The molecule has 0 aliphatic carbocycles. The van der Waals surface area contributed by atoms with Gasteiger partial charge in [-0.25, -0.2) is 41.1 Å². The highest BCUT2D eigenvalue weighted by Gasteiger charge is 2.30. The first-order valence-corrected chi connectivity index (χ1v) is 31.8. The van der Waals surface area contributed by atoms with Crippen molar-refractivity contribution in [2.45, 2.75) is 89.1 Å². The molecule has 0 fully saturated rings. The van der Waals surface area contributed by atoms with Crippen LogP contribution in [-0.2, 0) is 41.8 Å². The summed E-state index contributed by atoms with van der Waals surface area (Å²) in [5.41, 5.74) is -6.67. The van der Waals surface area contributed by atoms with Crippen molar-refractivity contribution in [2.75, 3.05) is 0 Å². The van der Waals surface area contributed by atoms with Gasteiger partial charge in [0, 0.05) is 37.8 Å². The van der Waals surface area contributed by atoms with E-state index in [0.717, 1.165) is 48.7 Å². The average molecular weight is 1440 g/mol. The van der Waals surface area contributed by atoms with Gasteiger partial charge in [0.05, 0.1) is 57.0 Å². The molecule has 0 bridgehead atoms. The van der Waals surface area contributed by atoms with Gasteiger partial charge in [-0.15, -0.1) is 15.3 Å². The maximum atomic E-state index is 13.3. The summed E-state index contributed by atoms with van der Waals surface area (Å²) >= 11 is 39.0. The Morgan fingerprint density at radius 2 is 0.806 bits per heavy atom. The van der Waals surface area contributed by atoms with Crippen molar-refractivity contribution in [3.8, 4) is 35.3 Å². The van der Waals surface area contributed by atoms with E-state index in [1.807, 2.05) is 42.6 Å². The number of hydrogen-bond acceptors (Lipinski definition) is 22. The highest BCUT2D eigenvalue weighted by Crippen LogP contribution is 2.40. The molecule has 0 aliphatic rings. The Morgan fingerprint density at radius 3 is 1.18 bits per heavy atom. The molecular formula is C54H42Cl6N18O12S3. The molecule has 0 saturated carbocycles. The number of nitrogens with one attached hydrogen (secondary N) is 3. The molecular weight excluding hydrogens is 1400 g/mol. The monoisotopic (exact) mass is 1440 g/mol. The first kappa shape index (κ1) is 71.2. The predicted molar refractivity (Wildman–Crippen MR) is 341 cm³/mol. The molecule has 480 valence electrons. The van der Waals surface area contributed by atoms with Gasteiger partial charge in [0.2, 0.25) is 26.9 Å². The number of rotatable bonds is 12. The third-order valence-corrected chi connectivity index (χ3v) is 19.3. The lowest BCUT2D eigenvalue weighted by Gasteiger charge is -2.13. The van der Waals surface area contributed by atoms with Gasteiger partial charge in [-0.1, -0.05) is 123 Å². The van der Waals surface area contributed by atoms with Gasteiger partial charge in [-0.2, -0.15) is 45.1 Å². The Kier molecular flexibility index (Phi) is 22.0. The van der Waals surface area contributed by atoms with Gasteiger partial charge in [0.25, 0.3) is 33.4 Å². The van der Waals surface area contributed by atoms with Crippen molar-refractivity contribution in [3.63, 3.8) is 0 Å². The van der Waals surface area contributed by atoms with Crippen molar-refractivity contribution in [2.24, 2.45) is 21.1 Å². The van der Waals surface area contributed by atoms with Gasteiger partial charge < -0.3 is 0 Å². The molecule has 0 radical (unpaired) electrons. The van der Waals surface area contributed by atoms with Crippen LogP contribution in [0.15, 0.2) is 128 Å². The zero-order valence-electron chi connectivity index (χ0n) is 49.0. The second-order valence-electron chi connectivity index (χ2n) is 20.0. The summed E-state index contributed by atoms with van der Waals surface area (Å²) in [4.78, 5) is 113. The molecule has 9 aromatic rings. The molecule has 6 heterocycles. The number of aromatic nitrogens is 15. The van der Waals surface area contributed by atoms with Crippen molar-refractivity contribution >= 4 is 102 Å². The first-order chi connectivity index (χ1) is 43.5. The fraction of sp³-hybridized carbons (Fsp3) is 0.222. The Bertz CT molecular complexity index is 5390. The Balaban J connectivity index is 0.000000198. The predicted octanol–water partition coefficient (Wildman–Crippen LogP) is 5.10. The van der Waals surface area contributed by atoms with E-state index in [4.69, 9.17) is 85.4 Å². The quantitative estimate of drug-likeness (QED) is 0.143.